The molecule has 1 aliphatic heterocycles. The topological polar surface area (TPSA) is 41.6 Å². The van der Waals surface area contributed by atoms with Crippen LogP contribution < -0.4 is 10.1 Å². The summed E-state index contributed by atoms with van der Waals surface area (Å²) in [5, 5.41) is 3.02. The van der Waals surface area contributed by atoms with Crippen molar-refractivity contribution in [2.75, 3.05) is 26.7 Å². The Balaban J connectivity index is 1.20. The lowest BCUT2D eigenvalue weighted by Gasteiger charge is -2.32. The van der Waals surface area contributed by atoms with Crippen LogP contribution in [0.4, 0.5) is 0 Å². The van der Waals surface area contributed by atoms with Gasteiger partial charge in [0.05, 0.1) is 7.11 Å². The lowest BCUT2D eigenvalue weighted by molar-refractivity contribution is 0.0954. The second kappa shape index (κ2) is 11.7. The molecule has 1 heterocycles. The molecule has 0 aliphatic carbocycles. The number of methoxy groups -OCH3 is 1. The van der Waals surface area contributed by atoms with Gasteiger partial charge in [-0.15, -0.1) is 0 Å². The first kappa shape index (κ1) is 23.1. The van der Waals surface area contributed by atoms with E-state index < -0.39 is 0 Å². The average Bonchev–Trinajstić information content (AvgIpc) is 2.86. The number of nitrogens with zero attached hydrogens (tertiary/aromatic N) is 1. The van der Waals surface area contributed by atoms with Crippen molar-refractivity contribution in [1.29, 1.82) is 0 Å². The van der Waals surface area contributed by atoms with Gasteiger partial charge < -0.3 is 10.1 Å². The Morgan fingerprint density at radius 3 is 2.33 bits per heavy atom. The van der Waals surface area contributed by atoms with Crippen LogP contribution in [0.15, 0.2) is 78.9 Å². The van der Waals surface area contributed by atoms with E-state index in [1.165, 1.54) is 30.4 Å². The summed E-state index contributed by atoms with van der Waals surface area (Å²) in [5.74, 6) is 1.61. The molecule has 1 N–H and O–H groups in total. The third-order valence-electron chi connectivity index (χ3n) is 6.57. The van der Waals surface area contributed by atoms with Crippen LogP contribution in [0, 0.1) is 5.92 Å². The minimum atomic E-state index is -0.0295. The number of amides is 1. The number of ether oxygens (including phenoxy) is 1. The number of benzene rings is 3. The molecule has 33 heavy (non-hydrogen) atoms. The fourth-order valence-corrected chi connectivity index (χ4v) is 4.64. The third-order valence-corrected chi connectivity index (χ3v) is 6.57. The van der Waals surface area contributed by atoms with Gasteiger partial charge in [-0.05, 0) is 79.6 Å². The summed E-state index contributed by atoms with van der Waals surface area (Å²) in [7, 11) is 1.67. The molecule has 0 atom stereocenters. The highest BCUT2D eigenvalue weighted by molar-refractivity contribution is 5.94. The highest BCUT2D eigenvalue weighted by Gasteiger charge is 2.19. The Bertz CT molecular complexity index is 1010. The SMILES string of the molecule is COc1ccccc1CCNC(=O)c1ccc(CN2CCC(Cc3ccccc3)CC2)cc1. The van der Waals surface area contributed by atoms with Gasteiger partial charge in [0.15, 0.2) is 0 Å². The van der Waals surface area contributed by atoms with E-state index in [1.54, 1.807) is 7.11 Å². The summed E-state index contributed by atoms with van der Waals surface area (Å²) in [6.07, 6.45) is 4.44. The van der Waals surface area contributed by atoms with Gasteiger partial charge in [-0.25, -0.2) is 0 Å². The van der Waals surface area contributed by atoms with E-state index in [0.29, 0.717) is 12.1 Å². The molecule has 0 saturated carbocycles. The summed E-state index contributed by atoms with van der Waals surface area (Å²) in [4.78, 5) is 15.1. The fraction of sp³-hybridized carbons (Fsp3) is 0.345. The molecular formula is C29H34N2O2. The molecule has 0 aromatic heterocycles. The van der Waals surface area contributed by atoms with Crippen molar-refractivity contribution >= 4 is 5.91 Å². The van der Waals surface area contributed by atoms with Crippen molar-refractivity contribution in [3.8, 4) is 5.75 Å². The number of carbonyl (C=O) groups is 1. The second-order valence-electron chi connectivity index (χ2n) is 8.92. The number of hydrogen-bond donors (Lipinski definition) is 1. The average molecular weight is 443 g/mol. The van der Waals surface area contributed by atoms with Crippen LogP contribution in [-0.2, 0) is 19.4 Å². The van der Waals surface area contributed by atoms with Gasteiger partial charge in [-0.3, -0.25) is 9.69 Å². The molecule has 0 unspecified atom stereocenters. The minimum Gasteiger partial charge on any atom is -0.496 e. The first-order valence-corrected chi connectivity index (χ1v) is 12.0. The maximum atomic E-state index is 12.5. The van der Waals surface area contributed by atoms with Gasteiger partial charge in [0, 0.05) is 18.7 Å². The molecule has 0 radical (unpaired) electrons. The molecular weight excluding hydrogens is 408 g/mol. The minimum absolute atomic E-state index is 0.0295. The van der Waals surface area contributed by atoms with Crippen molar-refractivity contribution in [3.63, 3.8) is 0 Å². The van der Waals surface area contributed by atoms with Crippen LogP contribution in [-0.4, -0.2) is 37.6 Å². The summed E-state index contributed by atoms with van der Waals surface area (Å²) in [6.45, 7) is 3.82. The largest absolute Gasteiger partial charge is 0.496 e. The van der Waals surface area contributed by atoms with E-state index in [2.05, 4.69) is 52.7 Å². The summed E-state index contributed by atoms with van der Waals surface area (Å²) < 4.78 is 5.38. The van der Waals surface area contributed by atoms with Gasteiger partial charge in [0.2, 0.25) is 0 Å². The van der Waals surface area contributed by atoms with E-state index in [1.807, 2.05) is 36.4 Å². The van der Waals surface area contributed by atoms with Crippen LogP contribution in [0.25, 0.3) is 0 Å². The molecule has 1 amide bonds. The van der Waals surface area contributed by atoms with Crippen molar-refractivity contribution in [1.82, 2.24) is 10.2 Å². The van der Waals surface area contributed by atoms with Crippen molar-refractivity contribution in [2.24, 2.45) is 5.92 Å². The summed E-state index contributed by atoms with van der Waals surface area (Å²) in [6, 6.07) is 26.8. The molecule has 4 nitrogen and oxygen atoms in total. The second-order valence-corrected chi connectivity index (χ2v) is 8.92. The molecule has 1 saturated heterocycles. The maximum Gasteiger partial charge on any atom is 0.251 e. The Labute approximate surface area is 197 Å². The van der Waals surface area contributed by atoms with E-state index in [9.17, 15) is 4.79 Å². The van der Waals surface area contributed by atoms with Crippen molar-refractivity contribution in [2.45, 2.75) is 32.2 Å². The number of rotatable bonds is 9. The summed E-state index contributed by atoms with van der Waals surface area (Å²) in [5.41, 5.74) is 4.53. The van der Waals surface area contributed by atoms with Crippen LogP contribution in [0.5, 0.6) is 5.75 Å². The zero-order chi connectivity index (χ0) is 22.9. The molecule has 3 aromatic rings. The highest BCUT2D eigenvalue weighted by Crippen LogP contribution is 2.23. The number of nitrogens with one attached hydrogen (secondary N) is 1. The van der Waals surface area contributed by atoms with Crippen LogP contribution in [0.3, 0.4) is 0 Å². The van der Waals surface area contributed by atoms with Gasteiger partial charge in [0.25, 0.3) is 5.91 Å². The van der Waals surface area contributed by atoms with Gasteiger partial charge >= 0.3 is 0 Å². The van der Waals surface area contributed by atoms with Crippen LogP contribution >= 0.6 is 0 Å². The van der Waals surface area contributed by atoms with Crippen molar-refractivity contribution < 1.29 is 9.53 Å². The molecule has 4 heteroatoms. The lowest BCUT2D eigenvalue weighted by Crippen LogP contribution is -2.33. The van der Waals surface area contributed by atoms with Crippen LogP contribution in [0.2, 0.25) is 0 Å². The fourth-order valence-electron chi connectivity index (χ4n) is 4.64. The first-order valence-electron chi connectivity index (χ1n) is 12.0. The molecule has 1 aliphatic rings. The monoisotopic (exact) mass is 442 g/mol. The molecule has 0 spiro atoms. The number of piperidine rings is 1. The smallest absolute Gasteiger partial charge is 0.251 e. The molecule has 3 aromatic carbocycles. The normalized spacial score (nSPS) is 14.7. The Kier molecular flexibility index (Phi) is 8.15. The van der Waals surface area contributed by atoms with Gasteiger partial charge in [0.1, 0.15) is 5.75 Å². The first-order chi connectivity index (χ1) is 16.2. The predicted octanol–water partition coefficient (Wildman–Crippen LogP) is 5.12. The quantitative estimate of drug-likeness (QED) is 0.500. The number of para-hydroxylation sites is 1. The lowest BCUT2D eigenvalue weighted by atomic mass is 9.90. The summed E-state index contributed by atoms with van der Waals surface area (Å²) >= 11 is 0. The molecule has 4 rings (SSSR count). The van der Waals surface area contributed by atoms with Crippen LogP contribution in [0.1, 0.15) is 39.9 Å². The number of carbonyl (C=O) groups excluding carboxylic acids is 1. The molecule has 1 fully saturated rings. The standard InChI is InChI=1S/C29H34N2O2/c1-33-28-10-6-5-9-26(28)15-18-30-29(32)27-13-11-25(12-14-27)22-31-19-16-24(17-20-31)21-23-7-3-2-4-8-23/h2-14,24H,15-22H2,1H3,(H,30,32). The van der Waals surface area contributed by atoms with E-state index in [4.69, 9.17) is 4.74 Å². The third kappa shape index (κ3) is 6.69. The van der Waals surface area contributed by atoms with Gasteiger partial charge in [-0.1, -0.05) is 60.7 Å². The number of likely N-dealkylation sites (tertiary alicyclic amines) is 1. The van der Waals surface area contributed by atoms with E-state index >= 15 is 0 Å². The predicted molar refractivity (Wildman–Crippen MR) is 134 cm³/mol. The number of hydrogen-bond acceptors (Lipinski definition) is 3. The van der Waals surface area contributed by atoms with E-state index in [0.717, 1.165) is 43.3 Å². The zero-order valence-corrected chi connectivity index (χ0v) is 19.5. The Morgan fingerprint density at radius 1 is 0.909 bits per heavy atom. The zero-order valence-electron chi connectivity index (χ0n) is 19.5. The van der Waals surface area contributed by atoms with Crippen molar-refractivity contribution in [3.05, 3.63) is 101 Å². The Morgan fingerprint density at radius 2 is 1.61 bits per heavy atom. The molecule has 0 bridgehead atoms. The highest BCUT2D eigenvalue weighted by atomic mass is 16.5. The van der Waals surface area contributed by atoms with Gasteiger partial charge in [-0.2, -0.15) is 0 Å². The maximum absolute atomic E-state index is 12.5. The molecule has 172 valence electrons. The van der Waals surface area contributed by atoms with E-state index in [-0.39, 0.29) is 5.91 Å². The Hall–Kier alpha value is -3.11.